The van der Waals surface area contributed by atoms with Crippen LogP contribution >= 0.6 is 0 Å². The van der Waals surface area contributed by atoms with Gasteiger partial charge in [-0.3, -0.25) is 14.7 Å². The molecule has 0 aliphatic carbocycles. The highest BCUT2D eigenvalue weighted by Crippen LogP contribution is 2.38. The first-order valence-electron chi connectivity index (χ1n) is 14.6. The van der Waals surface area contributed by atoms with Gasteiger partial charge in [0.1, 0.15) is 11.5 Å². The van der Waals surface area contributed by atoms with Crippen molar-refractivity contribution < 1.29 is 41.7 Å². The van der Waals surface area contributed by atoms with Crippen molar-refractivity contribution in [3.63, 3.8) is 0 Å². The van der Waals surface area contributed by atoms with Gasteiger partial charge in [-0.2, -0.15) is 13.2 Å². The highest BCUT2D eigenvalue weighted by atomic mass is 19.4. The van der Waals surface area contributed by atoms with Gasteiger partial charge in [0.2, 0.25) is 0 Å². The monoisotopic (exact) mass is 635 g/mol. The van der Waals surface area contributed by atoms with E-state index in [9.17, 15) is 27.5 Å². The summed E-state index contributed by atoms with van der Waals surface area (Å²) in [6, 6.07) is 17.3. The first-order valence-corrected chi connectivity index (χ1v) is 14.6. The minimum absolute atomic E-state index is 0.0527. The van der Waals surface area contributed by atoms with Crippen LogP contribution in [0.1, 0.15) is 22.3 Å². The lowest BCUT2D eigenvalue weighted by molar-refractivity contribution is -0.139. The molecular formula is C34H29F4N3O5. The largest absolute Gasteiger partial charge is 0.504 e. The molecule has 0 unspecified atom stereocenters. The number of nitrogens with one attached hydrogen (secondary N) is 1. The van der Waals surface area contributed by atoms with E-state index < -0.39 is 29.2 Å². The predicted octanol–water partition coefficient (Wildman–Crippen LogP) is 7.40. The van der Waals surface area contributed by atoms with Crippen LogP contribution in [0.15, 0.2) is 79.0 Å². The molecule has 1 fully saturated rings. The molecule has 5 aromatic rings. The number of hydrogen-bond donors (Lipinski definition) is 2. The standard InChI is InChI=1S/C34H29F4N3O5/c35-32-26(34(36,37)38)6-2-7-27(32)40-33(43)24-5-1-4-21-18-22(8-9-23(21)24)46-30-10-11-39-28-20-31(29(42)19-25(28)30)45-15-3-12-41-13-16-44-17-14-41/h1-2,4-11,18-20,42H,3,12-17H2,(H,40,43). The fraction of sp³-hybridized carbons (Fsp3) is 0.235. The zero-order chi connectivity index (χ0) is 32.3. The van der Waals surface area contributed by atoms with Gasteiger partial charge in [0.25, 0.3) is 5.91 Å². The van der Waals surface area contributed by atoms with E-state index in [0.717, 1.165) is 51.4 Å². The molecule has 0 radical (unpaired) electrons. The van der Waals surface area contributed by atoms with Gasteiger partial charge in [0.05, 0.1) is 36.6 Å². The Morgan fingerprint density at radius 1 is 0.978 bits per heavy atom. The lowest BCUT2D eigenvalue weighted by atomic mass is 10.0. The molecule has 46 heavy (non-hydrogen) atoms. The molecule has 0 saturated carbocycles. The van der Waals surface area contributed by atoms with E-state index in [1.165, 1.54) is 12.1 Å². The highest BCUT2D eigenvalue weighted by Gasteiger charge is 2.35. The Hall–Kier alpha value is -4.94. The Kier molecular flexibility index (Phi) is 8.91. The average molecular weight is 636 g/mol. The maximum atomic E-state index is 14.5. The molecule has 8 nitrogen and oxygen atoms in total. The minimum Gasteiger partial charge on any atom is -0.504 e. The Balaban J connectivity index is 1.17. The van der Waals surface area contributed by atoms with Crippen molar-refractivity contribution in [3.05, 3.63) is 95.9 Å². The van der Waals surface area contributed by atoms with E-state index >= 15 is 0 Å². The Labute approximate surface area is 261 Å². The molecule has 1 aromatic heterocycles. The number of carbonyl (C=O) groups excluding carboxylic acids is 1. The summed E-state index contributed by atoms with van der Waals surface area (Å²) in [5.74, 6) is -1.22. The molecule has 6 rings (SSSR count). The lowest BCUT2D eigenvalue weighted by Gasteiger charge is -2.26. The first-order chi connectivity index (χ1) is 22.2. The van der Waals surface area contributed by atoms with Gasteiger partial charge >= 0.3 is 6.18 Å². The van der Waals surface area contributed by atoms with E-state index in [0.29, 0.717) is 51.6 Å². The second kappa shape index (κ2) is 13.2. The average Bonchev–Trinajstić information content (AvgIpc) is 3.04. The van der Waals surface area contributed by atoms with E-state index in [1.54, 1.807) is 48.7 Å². The van der Waals surface area contributed by atoms with Crippen molar-refractivity contribution in [1.29, 1.82) is 0 Å². The second-order valence-corrected chi connectivity index (χ2v) is 10.7. The van der Waals surface area contributed by atoms with Crippen LogP contribution in [-0.4, -0.2) is 60.4 Å². The van der Waals surface area contributed by atoms with Crippen molar-refractivity contribution in [3.8, 4) is 23.0 Å². The van der Waals surface area contributed by atoms with Crippen molar-refractivity contribution in [2.24, 2.45) is 0 Å². The molecule has 1 amide bonds. The van der Waals surface area contributed by atoms with Crippen molar-refractivity contribution in [2.75, 3.05) is 44.8 Å². The van der Waals surface area contributed by atoms with E-state index in [-0.39, 0.29) is 11.3 Å². The lowest BCUT2D eigenvalue weighted by Crippen LogP contribution is -2.37. The molecule has 1 saturated heterocycles. The maximum Gasteiger partial charge on any atom is 0.419 e. The number of nitrogens with zero attached hydrogens (tertiary/aromatic N) is 2. The molecule has 2 heterocycles. The number of benzene rings is 4. The summed E-state index contributed by atoms with van der Waals surface area (Å²) in [6.07, 6.45) is -2.53. The van der Waals surface area contributed by atoms with E-state index in [2.05, 4.69) is 15.2 Å². The molecule has 4 aromatic carbocycles. The van der Waals surface area contributed by atoms with Gasteiger partial charge in [0.15, 0.2) is 17.3 Å². The molecule has 1 aliphatic heterocycles. The van der Waals surface area contributed by atoms with Crippen LogP contribution in [0.4, 0.5) is 23.2 Å². The summed E-state index contributed by atoms with van der Waals surface area (Å²) in [5.41, 5.74) is -1.35. The Bertz CT molecular complexity index is 1890. The molecule has 1 aliphatic rings. The number of hydrogen-bond acceptors (Lipinski definition) is 7. The highest BCUT2D eigenvalue weighted by molar-refractivity contribution is 6.13. The van der Waals surface area contributed by atoms with Crippen LogP contribution in [0, 0.1) is 5.82 Å². The summed E-state index contributed by atoms with van der Waals surface area (Å²) in [4.78, 5) is 19.7. The number of rotatable bonds is 9. The zero-order valence-corrected chi connectivity index (χ0v) is 24.4. The summed E-state index contributed by atoms with van der Waals surface area (Å²) >= 11 is 0. The molecule has 0 atom stereocenters. The number of phenols is 1. The second-order valence-electron chi connectivity index (χ2n) is 10.7. The van der Waals surface area contributed by atoms with Crippen LogP contribution in [-0.2, 0) is 10.9 Å². The van der Waals surface area contributed by atoms with Gasteiger partial charge in [-0.15, -0.1) is 0 Å². The van der Waals surface area contributed by atoms with Gasteiger partial charge in [-0.25, -0.2) is 4.39 Å². The normalized spacial score (nSPS) is 14.0. The number of ether oxygens (including phenoxy) is 3. The van der Waals surface area contributed by atoms with E-state index in [4.69, 9.17) is 14.2 Å². The number of alkyl halides is 3. The summed E-state index contributed by atoms with van der Waals surface area (Å²) < 4.78 is 71.3. The molecule has 238 valence electrons. The van der Waals surface area contributed by atoms with Gasteiger partial charge in [0, 0.05) is 42.8 Å². The Morgan fingerprint density at radius 2 is 1.78 bits per heavy atom. The van der Waals surface area contributed by atoms with Crippen LogP contribution in [0.25, 0.3) is 21.7 Å². The molecule has 0 bridgehead atoms. The summed E-state index contributed by atoms with van der Waals surface area (Å²) in [7, 11) is 0. The van der Waals surface area contributed by atoms with Crippen molar-refractivity contribution >= 4 is 33.3 Å². The molecule has 0 spiro atoms. The molecule has 2 N–H and O–H groups in total. The number of aromatic hydroxyl groups is 1. The first kappa shape index (κ1) is 31.1. The molecule has 12 heteroatoms. The van der Waals surface area contributed by atoms with Crippen LogP contribution in [0.5, 0.6) is 23.0 Å². The van der Waals surface area contributed by atoms with Crippen molar-refractivity contribution in [1.82, 2.24) is 9.88 Å². The number of aromatic nitrogens is 1. The number of amides is 1. The maximum absolute atomic E-state index is 14.5. The number of phenolic OH excluding ortho intramolecular Hbond substituents is 1. The van der Waals surface area contributed by atoms with Crippen LogP contribution in [0.3, 0.4) is 0 Å². The molecular weight excluding hydrogens is 606 g/mol. The fourth-order valence-corrected chi connectivity index (χ4v) is 5.32. The number of anilines is 1. The van der Waals surface area contributed by atoms with E-state index in [1.807, 2.05) is 0 Å². The van der Waals surface area contributed by atoms with Gasteiger partial charge < -0.3 is 24.6 Å². The number of halogens is 4. The van der Waals surface area contributed by atoms with Gasteiger partial charge in [-0.1, -0.05) is 18.2 Å². The van der Waals surface area contributed by atoms with Crippen molar-refractivity contribution in [2.45, 2.75) is 12.6 Å². The summed E-state index contributed by atoms with van der Waals surface area (Å²) in [5, 5.41) is 14.6. The number of carbonyl (C=O) groups is 1. The van der Waals surface area contributed by atoms with Crippen LogP contribution in [0.2, 0.25) is 0 Å². The number of pyridine rings is 1. The Morgan fingerprint density at radius 3 is 2.59 bits per heavy atom. The predicted molar refractivity (Wildman–Crippen MR) is 164 cm³/mol. The minimum atomic E-state index is -4.90. The number of morpholine rings is 1. The third-order valence-corrected chi connectivity index (χ3v) is 7.64. The quantitative estimate of drug-likeness (QED) is 0.129. The topological polar surface area (TPSA) is 93.2 Å². The summed E-state index contributed by atoms with van der Waals surface area (Å²) in [6.45, 7) is 4.56. The number of fused-ring (bicyclic) bond motifs is 2. The fourth-order valence-electron chi connectivity index (χ4n) is 5.32. The third-order valence-electron chi connectivity index (χ3n) is 7.64. The third kappa shape index (κ3) is 6.82. The SMILES string of the molecule is O=C(Nc1cccc(C(F)(F)F)c1F)c1cccc2cc(Oc3ccnc4cc(OCCCN5CCOCC5)c(O)cc34)ccc12. The van der Waals surface area contributed by atoms with Crippen LogP contribution < -0.4 is 14.8 Å². The van der Waals surface area contributed by atoms with Gasteiger partial charge in [-0.05, 0) is 65.7 Å². The zero-order valence-electron chi connectivity index (χ0n) is 24.4. The smallest absolute Gasteiger partial charge is 0.419 e.